The van der Waals surface area contributed by atoms with Crippen molar-refractivity contribution in [3.05, 3.63) is 29.8 Å². The van der Waals surface area contributed by atoms with Gasteiger partial charge in [0, 0.05) is 40.7 Å². The van der Waals surface area contributed by atoms with Crippen LogP contribution in [0.2, 0.25) is 0 Å². The minimum Gasteiger partial charge on any atom is -0.493 e. The van der Waals surface area contributed by atoms with Crippen LogP contribution in [0.25, 0.3) is 0 Å². The Morgan fingerprint density at radius 3 is 2.58 bits per heavy atom. The van der Waals surface area contributed by atoms with Gasteiger partial charge in [-0.25, -0.2) is 0 Å². The summed E-state index contributed by atoms with van der Waals surface area (Å²) in [6.45, 7) is 1.60. The number of aliphatic imine (C=N–C) groups is 1. The fourth-order valence-corrected chi connectivity index (χ4v) is 2.48. The van der Waals surface area contributed by atoms with Gasteiger partial charge in [-0.3, -0.25) is 4.99 Å². The van der Waals surface area contributed by atoms with Crippen LogP contribution in [0.3, 0.4) is 0 Å². The first kappa shape index (κ1) is 13.7. The Morgan fingerprint density at radius 2 is 1.89 bits per heavy atom. The molecule has 19 heavy (non-hydrogen) atoms. The van der Waals surface area contributed by atoms with Gasteiger partial charge in [-0.15, -0.1) is 0 Å². The molecule has 0 radical (unpaired) electrons. The van der Waals surface area contributed by atoms with Gasteiger partial charge in [0.25, 0.3) is 0 Å². The number of guanidine groups is 1. The van der Waals surface area contributed by atoms with Crippen molar-refractivity contribution < 1.29 is 4.74 Å². The molecule has 0 fully saturated rings. The minimum atomic E-state index is 0.458. The summed E-state index contributed by atoms with van der Waals surface area (Å²) >= 11 is 0. The van der Waals surface area contributed by atoms with Gasteiger partial charge in [0.15, 0.2) is 5.96 Å². The maximum atomic E-state index is 5.69. The van der Waals surface area contributed by atoms with Crippen LogP contribution < -0.4 is 4.74 Å². The lowest BCUT2D eigenvalue weighted by molar-refractivity contribution is 0.268. The molecule has 1 aromatic rings. The molecular weight excluding hydrogens is 238 g/mol. The Kier molecular flexibility index (Phi) is 4.30. The summed E-state index contributed by atoms with van der Waals surface area (Å²) in [4.78, 5) is 8.85. The van der Waals surface area contributed by atoms with E-state index in [4.69, 9.17) is 9.73 Å². The van der Waals surface area contributed by atoms with Gasteiger partial charge in [-0.05, 0) is 18.1 Å². The maximum absolute atomic E-state index is 5.69. The zero-order valence-corrected chi connectivity index (χ0v) is 12.3. The molecule has 0 spiro atoms. The van der Waals surface area contributed by atoms with Crippen LogP contribution in [0.5, 0.6) is 5.75 Å². The highest BCUT2D eigenvalue weighted by Crippen LogP contribution is 2.33. The summed E-state index contributed by atoms with van der Waals surface area (Å²) in [5.74, 6) is 2.48. The molecule has 1 aliphatic heterocycles. The predicted octanol–water partition coefficient (Wildman–Crippen LogP) is 2.03. The third-order valence-electron chi connectivity index (χ3n) is 3.34. The first-order valence-electron chi connectivity index (χ1n) is 6.70. The summed E-state index contributed by atoms with van der Waals surface area (Å²) < 4.78 is 5.69. The number of fused-ring (bicyclic) bond motifs is 1. The normalized spacial score (nSPS) is 17.2. The summed E-state index contributed by atoms with van der Waals surface area (Å²) in [5.41, 5.74) is 1.29. The summed E-state index contributed by atoms with van der Waals surface area (Å²) in [6.07, 6.45) is 1.04. The highest BCUT2D eigenvalue weighted by molar-refractivity contribution is 5.79. The molecular formula is C15H23N3O. The van der Waals surface area contributed by atoms with Gasteiger partial charge in [0.1, 0.15) is 5.75 Å². The molecule has 1 atom stereocenters. The second-order valence-corrected chi connectivity index (χ2v) is 5.30. The Morgan fingerprint density at radius 1 is 1.21 bits per heavy atom. The molecule has 2 rings (SSSR count). The lowest BCUT2D eigenvalue weighted by Crippen LogP contribution is -2.36. The van der Waals surface area contributed by atoms with E-state index in [0.717, 1.165) is 31.3 Å². The Labute approximate surface area is 115 Å². The molecule has 0 N–H and O–H groups in total. The van der Waals surface area contributed by atoms with Crippen LogP contribution >= 0.6 is 0 Å². The van der Waals surface area contributed by atoms with E-state index in [1.54, 1.807) is 0 Å². The van der Waals surface area contributed by atoms with E-state index in [1.807, 2.05) is 50.1 Å². The average Bonchev–Trinajstić information content (AvgIpc) is 2.38. The van der Waals surface area contributed by atoms with Gasteiger partial charge in [-0.1, -0.05) is 18.2 Å². The molecule has 104 valence electrons. The quantitative estimate of drug-likeness (QED) is 0.602. The SMILES string of the molecule is CN(C)C(=NC[C@H]1CCOc2ccccc21)N(C)C. The Hall–Kier alpha value is -1.71. The fraction of sp³-hybridized carbons (Fsp3) is 0.533. The van der Waals surface area contributed by atoms with Gasteiger partial charge < -0.3 is 14.5 Å². The van der Waals surface area contributed by atoms with Crippen LogP contribution in [0, 0.1) is 0 Å². The summed E-state index contributed by atoms with van der Waals surface area (Å²) in [5, 5.41) is 0. The number of hydrogen-bond acceptors (Lipinski definition) is 2. The van der Waals surface area contributed by atoms with Crippen molar-refractivity contribution >= 4 is 5.96 Å². The molecule has 4 heteroatoms. The van der Waals surface area contributed by atoms with E-state index in [9.17, 15) is 0 Å². The lowest BCUT2D eigenvalue weighted by Gasteiger charge is -2.27. The monoisotopic (exact) mass is 261 g/mol. The molecule has 0 unspecified atom stereocenters. The van der Waals surface area contributed by atoms with Gasteiger partial charge in [-0.2, -0.15) is 0 Å². The molecule has 0 aromatic heterocycles. The number of benzene rings is 1. The second kappa shape index (κ2) is 5.95. The molecule has 1 heterocycles. The van der Waals surface area contributed by atoms with Crippen LogP contribution in [-0.4, -0.2) is 57.1 Å². The number of nitrogens with zero attached hydrogens (tertiary/aromatic N) is 3. The van der Waals surface area contributed by atoms with Crippen LogP contribution in [0.4, 0.5) is 0 Å². The first-order valence-corrected chi connectivity index (χ1v) is 6.70. The third kappa shape index (κ3) is 3.19. The van der Waals surface area contributed by atoms with E-state index in [1.165, 1.54) is 5.56 Å². The third-order valence-corrected chi connectivity index (χ3v) is 3.34. The van der Waals surface area contributed by atoms with Gasteiger partial charge in [0.05, 0.1) is 6.61 Å². The molecule has 0 bridgehead atoms. The maximum Gasteiger partial charge on any atom is 0.195 e. The van der Waals surface area contributed by atoms with Crippen LogP contribution in [-0.2, 0) is 0 Å². The van der Waals surface area contributed by atoms with Crippen molar-refractivity contribution in [1.82, 2.24) is 9.80 Å². The molecule has 1 aliphatic rings. The lowest BCUT2D eigenvalue weighted by atomic mass is 9.93. The zero-order valence-electron chi connectivity index (χ0n) is 12.3. The summed E-state index contributed by atoms with van der Waals surface area (Å²) in [7, 11) is 8.10. The molecule has 1 aromatic carbocycles. The summed E-state index contributed by atoms with van der Waals surface area (Å²) in [6, 6.07) is 8.29. The Balaban J connectivity index is 2.14. The van der Waals surface area contributed by atoms with Crippen molar-refractivity contribution in [1.29, 1.82) is 0 Å². The highest BCUT2D eigenvalue weighted by Gasteiger charge is 2.21. The fourth-order valence-electron chi connectivity index (χ4n) is 2.48. The van der Waals surface area contributed by atoms with Crippen molar-refractivity contribution in [2.24, 2.45) is 4.99 Å². The Bertz CT molecular complexity index is 444. The van der Waals surface area contributed by atoms with Crippen molar-refractivity contribution in [2.45, 2.75) is 12.3 Å². The van der Waals surface area contributed by atoms with Gasteiger partial charge >= 0.3 is 0 Å². The topological polar surface area (TPSA) is 28.1 Å². The van der Waals surface area contributed by atoms with E-state index in [0.29, 0.717) is 5.92 Å². The minimum absolute atomic E-state index is 0.458. The highest BCUT2D eigenvalue weighted by atomic mass is 16.5. The molecule has 4 nitrogen and oxygen atoms in total. The average molecular weight is 261 g/mol. The molecule has 0 aliphatic carbocycles. The van der Waals surface area contributed by atoms with Crippen molar-refractivity contribution in [3.63, 3.8) is 0 Å². The number of rotatable bonds is 2. The molecule has 0 saturated carbocycles. The van der Waals surface area contributed by atoms with Gasteiger partial charge in [0.2, 0.25) is 0 Å². The smallest absolute Gasteiger partial charge is 0.195 e. The number of hydrogen-bond donors (Lipinski definition) is 0. The standard InChI is InChI=1S/C15H23N3O/c1-17(2)15(18(3)4)16-11-12-9-10-19-14-8-6-5-7-13(12)14/h5-8,12H,9-11H2,1-4H3/t12-/m1/s1. The van der Waals surface area contributed by atoms with E-state index >= 15 is 0 Å². The van der Waals surface area contributed by atoms with E-state index < -0.39 is 0 Å². The number of para-hydroxylation sites is 1. The largest absolute Gasteiger partial charge is 0.493 e. The van der Waals surface area contributed by atoms with E-state index in [-0.39, 0.29) is 0 Å². The molecule has 0 amide bonds. The van der Waals surface area contributed by atoms with Crippen LogP contribution in [0.1, 0.15) is 17.9 Å². The first-order chi connectivity index (χ1) is 9.09. The van der Waals surface area contributed by atoms with Crippen LogP contribution in [0.15, 0.2) is 29.3 Å². The van der Waals surface area contributed by atoms with E-state index in [2.05, 4.69) is 12.1 Å². The molecule has 0 saturated heterocycles. The van der Waals surface area contributed by atoms with Crippen molar-refractivity contribution in [3.8, 4) is 5.75 Å². The number of ether oxygens (including phenoxy) is 1. The predicted molar refractivity (Wildman–Crippen MR) is 79.0 cm³/mol. The zero-order chi connectivity index (χ0) is 13.8. The second-order valence-electron chi connectivity index (χ2n) is 5.30. The van der Waals surface area contributed by atoms with Crippen molar-refractivity contribution in [2.75, 3.05) is 41.3 Å².